The fourth-order valence-corrected chi connectivity index (χ4v) is 2.84. The van der Waals surface area contributed by atoms with Gasteiger partial charge in [0, 0.05) is 10.6 Å². The third-order valence-corrected chi connectivity index (χ3v) is 4.32. The fourth-order valence-electron chi connectivity index (χ4n) is 2.32. The van der Waals surface area contributed by atoms with E-state index < -0.39 is 5.97 Å². The normalized spacial score (nSPS) is 11.0. The summed E-state index contributed by atoms with van der Waals surface area (Å²) in [5.74, 6) is -1.36. The third-order valence-electron chi connectivity index (χ3n) is 3.62. The van der Waals surface area contributed by atoms with Crippen LogP contribution in [0.1, 0.15) is 21.6 Å². The van der Waals surface area contributed by atoms with E-state index >= 15 is 0 Å². The Bertz CT molecular complexity index is 984. The van der Waals surface area contributed by atoms with Gasteiger partial charge in [0.05, 0.1) is 34.8 Å². The number of nitrogens with zero attached hydrogens (tertiary/aromatic N) is 3. The maximum Gasteiger partial charge on any atom is 0.142 e. The first-order valence-electron chi connectivity index (χ1n) is 7.58. The van der Waals surface area contributed by atoms with E-state index in [0.29, 0.717) is 22.1 Å². The molecule has 0 amide bonds. The van der Waals surface area contributed by atoms with Crippen molar-refractivity contribution in [1.29, 1.82) is 0 Å². The monoisotopic (exact) mass is 387 g/mol. The summed E-state index contributed by atoms with van der Waals surface area (Å²) in [7, 11) is 0. The van der Waals surface area contributed by atoms with Crippen LogP contribution in [-0.4, -0.2) is 22.0 Å². The molecule has 0 aliphatic heterocycles. The summed E-state index contributed by atoms with van der Waals surface area (Å²) in [6.07, 6.45) is 1.53. The number of aryl methyl sites for hydroxylation is 1. The molecule has 0 spiro atoms. The number of anilines is 1. The minimum absolute atomic E-state index is 0.0996. The average Bonchev–Trinajstić information content (AvgIpc) is 2.91. The molecule has 1 aromatic heterocycles. The highest BCUT2D eigenvalue weighted by molar-refractivity contribution is 6.33. The molecule has 0 aliphatic rings. The molecule has 6 nitrogen and oxygen atoms in total. The molecule has 0 saturated carbocycles. The van der Waals surface area contributed by atoms with Crippen LogP contribution in [0.15, 0.2) is 53.6 Å². The Morgan fingerprint density at radius 3 is 2.65 bits per heavy atom. The molecular formula is C18H13Cl2N4O2-. The minimum Gasteiger partial charge on any atom is -0.545 e. The van der Waals surface area contributed by atoms with Gasteiger partial charge in [-0.1, -0.05) is 41.4 Å². The molecule has 0 atom stereocenters. The second kappa shape index (κ2) is 7.59. The van der Waals surface area contributed by atoms with Crippen molar-refractivity contribution >= 4 is 41.1 Å². The lowest BCUT2D eigenvalue weighted by molar-refractivity contribution is -0.255. The first-order chi connectivity index (χ1) is 12.5. The van der Waals surface area contributed by atoms with Crippen molar-refractivity contribution in [2.45, 2.75) is 6.92 Å². The summed E-state index contributed by atoms with van der Waals surface area (Å²) in [4.78, 5) is 11.0. The van der Waals surface area contributed by atoms with Gasteiger partial charge in [-0.05, 0) is 37.3 Å². The van der Waals surface area contributed by atoms with Gasteiger partial charge in [-0.25, -0.2) is 4.68 Å². The Hall–Kier alpha value is -2.83. The van der Waals surface area contributed by atoms with Crippen LogP contribution in [0.25, 0.3) is 5.69 Å². The lowest BCUT2D eigenvalue weighted by atomic mass is 10.2. The molecule has 0 fully saturated rings. The van der Waals surface area contributed by atoms with E-state index in [9.17, 15) is 9.90 Å². The number of hydrazone groups is 1. The van der Waals surface area contributed by atoms with Crippen LogP contribution in [0.3, 0.4) is 0 Å². The molecule has 1 N–H and O–H groups in total. The van der Waals surface area contributed by atoms with Gasteiger partial charge in [0.2, 0.25) is 0 Å². The van der Waals surface area contributed by atoms with Crippen molar-refractivity contribution in [1.82, 2.24) is 9.78 Å². The molecule has 2 aromatic carbocycles. The van der Waals surface area contributed by atoms with Gasteiger partial charge in [-0.3, -0.25) is 5.43 Å². The highest BCUT2D eigenvalue weighted by Gasteiger charge is 2.12. The second-order valence-corrected chi connectivity index (χ2v) is 6.15. The Balaban J connectivity index is 1.83. The number of para-hydroxylation sites is 1. The van der Waals surface area contributed by atoms with Crippen molar-refractivity contribution in [3.05, 3.63) is 75.5 Å². The van der Waals surface area contributed by atoms with Gasteiger partial charge in [-0.2, -0.15) is 10.2 Å². The molecule has 3 aromatic rings. The summed E-state index contributed by atoms with van der Waals surface area (Å²) in [6, 6.07) is 13.9. The first-order valence-corrected chi connectivity index (χ1v) is 8.33. The smallest absolute Gasteiger partial charge is 0.142 e. The molecule has 3 rings (SSSR count). The lowest BCUT2D eigenvalue weighted by Gasteiger charge is -2.07. The zero-order valence-corrected chi connectivity index (χ0v) is 15.1. The number of carbonyl (C=O) groups excluding carboxylic acids is 1. The number of carboxylic acids is 1. The van der Waals surface area contributed by atoms with Gasteiger partial charge >= 0.3 is 0 Å². The van der Waals surface area contributed by atoms with E-state index in [-0.39, 0.29) is 10.6 Å². The number of halogens is 2. The summed E-state index contributed by atoms with van der Waals surface area (Å²) in [5, 5.41) is 20.0. The molecule has 132 valence electrons. The van der Waals surface area contributed by atoms with Gasteiger partial charge in [0.25, 0.3) is 0 Å². The Morgan fingerprint density at radius 2 is 1.96 bits per heavy atom. The average molecular weight is 388 g/mol. The van der Waals surface area contributed by atoms with E-state index in [0.717, 1.165) is 5.69 Å². The van der Waals surface area contributed by atoms with Crippen LogP contribution in [0.5, 0.6) is 0 Å². The van der Waals surface area contributed by atoms with Gasteiger partial charge in [0.1, 0.15) is 5.15 Å². The van der Waals surface area contributed by atoms with Crippen LogP contribution < -0.4 is 10.5 Å². The molecule has 0 unspecified atom stereocenters. The van der Waals surface area contributed by atoms with Crippen molar-refractivity contribution in [2.75, 3.05) is 5.43 Å². The van der Waals surface area contributed by atoms with Gasteiger partial charge < -0.3 is 9.90 Å². The summed E-state index contributed by atoms with van der Waals surface area (Å²) >= 11 is 12.2. The van der Waals surface area contributed by atoms with E-state index in [1.165, 1.54) is 18.3 Å². The number of hydrogen-bond acceptors (Lipinski definition) is 5. The largest absolute Gasteiger partial charge is 0.545 e. The molecule has 1 heterocycles. The number of carboxylic acid groups (broad SMARTS) is 1. The predicted molar refractivity (Wildman–Crippen MR) is 100 cm³/mol. The number of hydrogen-bond donors (Lipinski definition) is 1. The van der Waals surface area contributed by atoms with Crippen molar-refractivity contribution in [3.8, 4) is 5.69 Å². The topological polar surface area (TPSA) is 82.3 Å². The Morgan fingerprint density at radius 1 is 1.23 bits per heavy atom. The van der Waals surface area contributed by atoms with Crippen LogP contribution >= 0.6 is 23.2 Å². The molecule has 0 saturated heterocycles. The number of benzene rings is 2. The maximum atomic E-state index is 11.0. The SMILES string of the molecule is Cc1nn(-c2ccccc2)c(Cl)c1/C=N\Nc1ccc(Cl)c(C(=O)[O-])c1. The van der Waals surface area contributed by atoms with Crippen LogP contribution in [0.2, 0.25) is 10.2 Å². The van der Waals surface area contributed by atoms with E-state index in [4.69, 9.17) is 23.2 Å². The maximum absolute atomic E-state index is 11.0. The number of aromatic carboxylic acids is 1. The standard InChI is InChI=1S/C18H14Cl2N4O2/c1-11-15(17(20)24(23-11)13-5-3-2-4-6-13)10-21-22-12-7-8-16(19)14(9-12)18(25)26/h2-10,22H,1H3,(H,25,26)/p-1/b21-10-. The zero-order chi connectivity index (χ0) is 18.7. The van der Waals surface area contributed by atoms with Crippen LogP contribution in [0.4, 0.5) is 5.69 Å². The molecular weight excluding hydrogens is 375 g/mol. The minimum atomic E-state index is -1.36. The number of nitrogens with one attached hydrogen (secondary N) is 1. The quantitative estimate of drug-likeness (QED) is 0.537. The molecule has 0 aliphatic carbocycles. The third kappa shape index (κ3) is 3.71. The lowest BCUT2D eigenvalue weighted by Crippen LogP contribution is -2.22. The highest BCUT2D eigenvalue weighted by atomic mass is 35.5. The second-order valence-electron chi connectivity index (χ2n) is 5.39. The van der Waals surface area contributed by atoms with E-state index in [1.54, 1.807) is 10.7 Å². The van der Waals surface area contributed by atoms with Crippen LogP contribution in [0, 0.1) is 6.92 Å². The Kier molecular flexibility index (Phi) is 5.25. The number of carbonyl (C=O) groups is 1. The van der Waals surface area contributed by atoms with Crippen molar-refractivity contribution < 1.29 is 9.90 Å². The molecule has 8 heteroatoms. The van der Waals surface area contributed by atoms with Gasteiger partial charge in [-0.15, -0.1) is 0 Å². The first kappa shape index (κ1) is 18.0. The Labute approximate surface area is 159 Å². The number of aromatic nitrogens is 2. The highest BCUT2D eigenvalue weighted by Crippen LogP contribution is 2.23. The molecule has 0 radical (unpaired) electrons. The van der Waals surface area contributed by atoms with Gasteiger partial charge in [0.15, 0.2) is 0 Å². The van der Waals surface area contributed by atoms with Crippen molar-refractivity contribution in [2.24, 2.45) is 5.10 Å². The molecule has 26 heavy (non-hydrogen) atoms. The summed E-state index contributed by atoms with van der Waals surface area (Å²) in [6.45, 7) is 1.82. The van der Waals surface area contributed by atoms with Crippen molar-refractivity contribution in [3.63, 3.8) is 0 Å². The van der Waals surface area contributed by atoms with E-state index in [1.807, 2.05) is 37.3 Å². The number of rotatable bonds is 5. The zero-order valence-electron chi connectivity index (χ0n) is 13.6. The fraction of sp³-hybridized carbons (Fsp3) is 0.0556. The predicted octanol–water partition coefficient (Wildman–Crippen LogP) is 3.30. The summed E-state index contributed by atoms with van der Waals surface area (Å²) in [5.41, 5.74) is 5.28. The van der Waals surface area contributed by atoms with Crippen LogP contribution in [-0.2, 0) is 0 Å². The molecule has 0 bridgehead atoms. The van der Waals surface area contributed by atoms with E-state index in [2.05, 4.69) is 15.6 Å². The summed E-state index contributed by atoms with van der Waals surface area (Å²) < 4.78 is 1.62.